The molecular weight excluding hydrogens is 272 g/mol. The van der Waals surface area contributed by atoms with E-state index in [2.05, 4.69) is 5.32 Å². The van der Waals surface area contributed by atoms with E-state index in [4.69, 9.17) is 9.47 Å². The van der Waals surface area contributed by atoms with Gasteiger partial charge in [-0.2, -0.15) is 0 Å². The molecule has 1 saturated heterocycles. The Balaban J connectivity index is 1.93. The molecule has 0 aromatic carbocycles. The zero-order chi connectivity index (χ0) is 15.3. The zero-order valence-corrected chi connectivity index (χ0v) is 13.2. The second-order valence-corrected chi connectivity index (χ2v) is 5.32. The maximum absolute atomic E-state index is 11.9. The number of hydrogen-bond donors (Lipinski definition) is 2. The van der Waals surface area contributed by atoms with E-state index < -0.39 is 6.10 Å². The molecule has 6 nitrogen and oxygen atoms in total. The number of amides is 1. The van der Waals surface area contributed by atoms with Crippen molar-refractivity contribution < 1.29 is 19.4 Å². The highest BCUT2D eigenvalue weighted by atomic mass is 16.5. The number of nitrogens with zero attached hydrogens (tertiary/aromatic N) is 1. The summed E-state index contributed by atoms with van der Waals surface area (Å²) in [6, 6.07) is 0. The maximum atomic E-state index is 11.9. The van der Waals surface area contributed by atoms with Gasteiger partial charge in [0, 0.05) is 39.2 Å². The monoisotopic (exact) mass is 302 g/mol. The predicted octanol–water partition coefficient (Wildman–Crippen LogP) is 0.393. The predicted molar refractivity (Wildman–Crippen MR) is 81.2 cm³/mol. The van der Waals surface area contributed by atoms with Crippen molar-refractivity contribution in [3.8, 4) is 0 Å². The molecule has 6 heteroatoms. The molecule has 0 aromatic rings. The van der Waals surface area contributed by atoms with Gasteiger partial charge in [0.15, 0.2) is 0 Å². The standard InChI is InChI=1S/C15H30N2O4/c1-2-20-10-11-21-13-14(18)12-16-7-6-15(19)17-8-4-3-5-9-17/h14,16,18H,2-13H2,1H3. The van der Waals surface area contributed by atoms with E-state index in [0.29, 0.717) is 45.9 Å². The molecule has 1 atom stereocenters. The molecule has 0 saturated carbocycles. The fourth-order valence-electron chi connectivity index (χ4n) is 2.31. The van der Waals surface area contributed by atoms with Crippen LogP contribution in [0.2, 0.25) is 0 Å². The Kier molecular flexibility index (Phi) is 10.4. The zero-order valence-electron chi connectivity index (χ0n) is 13.2. The summed E-state index contributed by atoms with van der Waals surface area (Å²) in [4.78, 5) is 13.8. The van der Waals surface area contributed by atoms with Crippen LogP contribution in [0, 0.1) is 0 Å². The highest BCUT2D eigenvalue weighted by molar-refractivity contribution is 5.76. The van der Waals surface area contributed by atoms with E-state index in [1.54, 1.807) is 0 Å². The maximum Gasteiger partial charge on any atom is 0.223 e. The van der Waals surface area contributed by atoms with Gasteiger partial charge in [0.25, 0.3) is 0 Å². The van der Waals surface area contributed by atoms with Crippen molar-refractivity contribution in [1.29, 1.82) is 0 Å². The quantitative estimate of drug-likeness (QED) is 0.540. The van der Waals surface area contributed by atoms with Crippen LogP contribution >= 0.6 is 0 Å². The number of likely N-dealkylation sites (tertiary alicyclic amines) is 1. The van der Waals surface area contributed by atoms with Crippen LogP contribution in [-0.2, 0) is 14.3 Å². The number of piperidine rings is 1. The van der Waals surface area contributed by atoms with E-state index in [1.165, 1.54) is 6.42 Å². The molecular formula is C15H30N2O4. The van der Waals surface area contributed by atoms with Gasteiger partial charge in [-0.3, -0.25) is 4.79 Å². The van der Waals surface area contributed by atoms with Gasteiger partial charge in [-0.05, 0) is 26.2 Å². The van der Waals surface area contributed by atoms with Crippen LogP contribution in [0.15, 0.2) is 0 Å². The SMILES string of the molecule is CCOCCOCC(O)CNCCC(=O)N1CCCCC1. The van der Waals surface area contributed by atoms with E-state index in [-0.39, 0.29) is 5.91 Å². The molecule has 2 N–H and O–H groups in total. The Morgan fingerprint density at radius 2 is 1.95 bits per heavy atom. The van der Waals surface area contributed by atoms with Gasteiger partial charge < -0.3 is 24.8 Å². The Labute approximate surface area is 127 Å². The van der Waals surface area contributed by atoms with Crippen molar-refractivity contribution in [3.05, 3.63) is 0 Å². The number of carbonyl (C=O) groups excluding carboxylic acids is 1. The molecule has 1 heterocycles. The average molecular weight is 302 g/mol. The minimum Gasteiger partial charge on any atom is -0.389 e. The summed E-state index contributed by atoms with van der Waals surface area (Å²) in [5, 5.41) is 12.8. The third-order valence-corrected chi connectivity index (χ3v) is 3.49. The number of ether oxygens (including phenoxy) is 2. The fourth-order valence-corrected chi connectivity index (χ4v) is 2.31. The van der Waals surface area contributed by atoms with E-state index >= 15 is 0 Å². The lowest BCUT2D eigenvalue weighted by Crippen LogP contribution is -2.38. The molecule has 0 bridgehead atoms. The summed E-state index contributed by atoms with van der Waals surface area (Å²) in [7, 11) is 0. The van der Waals surface area contributed by atoms with E-state index in [0.717, 1.165) is 25.9 Å². The van der Waals surface area contributed by atoms with Crippen molar-refractivity contribution >= 4 is 5.91 Å². The smallest absolute Gasteiger partial charge is 0.223 e. The molecule has 1 unspecified atom stereocenters. The summed E-state index contributed by atoms with van der Waals surface area (Å²) < 4.78 is 10.4. The lowest BCUT2D eigenvalue weighted by molar-refractivity contribution is -0.132. The summed E-state index contributed by atoms with van der Waals surface area (Å²) >= 11 is 0. The van der Waals surface area contributed by atoms with Gasteiger partial charge in [-0.15, -0.1) is 0 Å². The first-order chi connectivity index (χ1) is 10.2. The number of aliphatic hydroxyl groups excluding tert-OH is 1. The second-order valence-electron chi connectivity index (χ2n) is 5.32. The Morgan fingerprint density at radius 3 is 2.67 bits per heavy atom. The summed E-state index contributed by atoms with van der Waals surface area (Å²) in [5.41, 5.74) is 0. The summed E-state index contributed by atoms with van der Waals surface area (Å²) in [6.45, 7) is 6.81. The van der Waals surface area contributed by atoms with Crippen molar-refractivity contribution in [3.63, 3.8) is 0 Å². The Morgan fingerprint density at radius 1 is 1.24 bits per heavy atom. The first-order valence-electron chi connectivity index (χ1n) is 8.06. The largest absolute Gasteiger partial charge is 0.389 e. The molecule has 1 aliphatic heterocycles. The van der Waals surface area contributed by atoms with E-state index in [1.807, 2.05) is 11.8 Å². The van der Waals surface area contributed by atoms with Gasteiger partial charge in [0.1, 0.15) is 0 Å². The topological polar surface area (TPSA) is 71.0 Å². The second kappa shape index (κ2) is 11.9. The molecule has 0 radical (unpaired) electrons. The van der Waals surface area contributed by atoms with Crippen LogP contribution in [0.25, 0.3) is 0 Å². The summed E-state index contributed by atoms with van der Waals surface area (Å²) in [5.74, 6) is 0.213. The molecule has 0 aromatic heterocycles. The molecule has 124 valence electrons. The Hall–Kier alpha value is -0.690. The van der Waals surface area contributed by atoms with Gasteiger partial charge in [-0.1, -0.05) is 0 Å². The van der Waals surface area contributed by atoms with E-state index in [9.17, 15) is 9.90 Å². The van der Waals surface area contributed by atoms with Crippen molar-refractivity contribution in [2.75, 3.05) is 52.6 Å². The van der Waals surface area contributed by atoms with Crippen LogP contribution in [0.1, 0.15) is 32.6 Å². The number of carbonyl (C=O) groups is 1. The number of rotatable bonds is 11. The van der Waals surface area contributed by atoms with Gasteiger partial charge in [-0.25, -0.2) is 0 Å². The highest BCUT2D eigenvalue weighted by Gasteiger charge is 2.15. The van der Waals surface area contributed by atoms with Gasteiger partial charge in [0.05, 0.1) is 25.9 Å². The van der Waals surface area contributed by atoms with Crippen LogP contribution in [0.4, 0.5) is 0 Å². The molecule has 1 aliphatic rings. The van der Waals surface area contributed by atoms with Gasteiger partial charge in [0.2, 0.25) is 5.91 Å². The molecule has 21 heavy (non-hydrogen) atoms. The lowest BCUT2D eigenvalue weighted by atomic mass is 10.1. The first kappa shape index (κ1) is 18.4. The lowest BCUT2D eigenvalue weighted by Gasteiger charge is -2.26. The minimum atomic E-state index is -0.545. The average Bonchev–Trinajstić information content (AvgIpc) is 2.52. The van der Waals surface area contributed by atoms with Crippen LogP contribution in [0.5, 0.6) is 0 Å². The molecule has 1 rings (SSSR count). The molecule has 1 amide bonds. The first-order valence-corrected chi connectivity index (χ1v) is 8.06. The van der Waals surface area contributed by atoms with Crippen LogP contribution in [-0.4, -0.2) is 74.6 Å². The van der Waals surface area contributed by atoms with Crippen LogP contribution in [0.3, 0.4) is 0 Å². The molecule has 1 fully saturated rings. The fraction of sp³-hybridized carbons (Fsp3) is 0.933. The van der Waals surface area contributed by atoms with Gasteiger partial charge >= 0.3 is 0 Å². The number of nitrogens with one attached hydrogen (secondary N) is 1. The molecule has 0 spiro atoms. The third-order valence-electron chi connectivity index (χ3n) is 3.49. The van der Waals surface area contributed by atoms with Crippen molar-refractivity contribution in [1.82, 2.24) is 10.2 Å². The minimum absolute atomic E-state index is 0.213. The molecule has 0 aliphatic carbocycles. The van der Waals surface area contributed by atoms with Crippen molar-refractivity contribution in [2.45, 2.75) is 38.7 Å². The third kappa shape index (κ3) is 9.03. The summed E-state index contributed by atoms with van der Waals surface area (Å²) in [6.07, 6.45) is 3.43. The number of aliphatic hydroxyl groups is 1. The Bertz CT molecular complexity index is 270. The highest BCUT2D eigenvalue weighted by Crippen LogP contribution is 2.09. The van der Waals surface area contributed by atoms with Crippen LogP contribution < -0.4 is 5.32 Å². The normalized spacial score (nSPS) is 17.0. The number of hydrogen-bond acceptors (Lipinski definition) is 5. The van der Waals surface area contributed by atoms with Crippen molar-refractivity contribution in [2.24, 2.45) is 0 Å².